The Hall–Kier alpha value is -1.36. The lowest BCUT2D eigenvalue weighted by Crippen LogP contribution is -2.46. The molecule has 0 aliphatic heterocycles. The van der Waals surface area contributed by atoms with Gasteiger partial charge in [0.05, 0.1) is 11.1 Å². The molecule has 1 amide bonds. The number of nitrogens with two attached hydrogens (primary N) is 1. The first-order valence-corrected chi connectivity index (χ1v) is 7.63. The molecular weight excluding hydrogens is 252 g/mol. The summed E-state index contributed by atoms with van der Waals surface area (Å²) in [5.41, 5.74) is 6.60. The topological polar surface area (TPSA) is 72.9 Å². The van der Waals surface area contributed by atoms with E-state index in [0.29, 0.717) is 13.1 Å². The summed E-state index contributed by atoms with van der Waals surface area (Å²) >= 11 is 0. The number of rotatable bonds is 5. The number of aromatic nitrogens is 2. The molecule has 3 N–H and O–H groups in total. The van der Waals surface area contributed by atoms with Crippen molar-refractivity contribution in [2.75, 3.05) is 13.1 Å². The Morgan fingerprint density at radius 3 is 2.65 bits per heavy atom. The second kappa shape index (κ2) is 6.88. The lowest BCUT2D eigenvalue weighted by Gasteiger charge is -2.29. The van der Waals surface area contributed by atoms with Crippen molar-refractivity contribution in [3.05, 3.63) is 18.0 Å². The zero-order valence-corrected chi connectivity index (χ0v) is 12.4. The fourth-order valence-electron chi connectivity index (χ4n) is 3.02. The maximum absolute atomic E-state index is 12.5. The smallest absolute Gasteiger partial charge is 0.227 e. The molecular formula is C15H26N4O. The molecule has 5 nitrogen and oxygen atoms in total. The Morgan fingerprint density at radius 2 is 2.10 bits per heavy atom. The number of amides is 1. The maximum Gasteiger partial charge on any atom is 0.227 e. The Balaban J connectivity index is 1.85. The van der Waals surface area contributed by atoms with Gasteiger partial charge in [-0.1, -0.05) is 25.7 Å². The molecule has 1 aliphatic carbocycles. The molecule has 112 valence electrons. The predicted octanol–water partition coefficient (Wildman–Crippen LogP) is 1.38. The number of hydrogen-bond acceptors (Lipinski definition) is 3. The van der Waals surface area contributed by atoms with Crippen LogP contribution in [0.3, 0.4) is 0 Å². The van der Waals surface area contributed by atoms with E-state index in [1.165, 1.54) is 12.8 Å². The van der Waals surface area contributed by atoms with Gasteiger partial charge < -0.3 is 11.1 Å². The summed E-state index contributed by atoms with van der Waals surface area (Å²) in [6.45, 7) is 1.10. The average molecular weight is 278 g/mol. The first kappa shape index (κ1) is 15.0. The third kappa shape index (κ3) is 3.60. The average Bonchev–Trinajstić information content (AvgIpc) is 2.73. The van der Waals surface area contributed by atoms with Crippen molar-refractivity contribution in [1.82, 2.24) is 15.1 Å². The highest BCUT2D eigenvalue weighted by Gasteiger charge is 2.36. The zero-order valence-electron chi connectivity index (χ0n) is 12.4. The van der Waals surface area contributed by atoms with Crippen molar-refractivity contribution in [2.45, 2.75) is 44.9 Å². The zero-order chi connectivity index (χ0) is 14.4. The van der Waals surface area contributed by atoms with Crippen molar-refractivity contribution in [3.8, 4) is 0 Å². The molecule has 1 aliphatic rings. The summed E-state index contributed by atoms with van der Waals surface area (Å²) in [6, 6.07) is 1.98. The van der Waals surface area contributed by atoms with Gasteiger partial charge in [-0.3, -0.25) is 9.48 Å². The van der Waals surface area contributed by atoms with E-state index in [9.17, 15) is 4.79 Å². The molecule has 5 heteroatoms. The van der Waals surface area contributed by atoms with Crippen LogP contribution < -0.4 is 11.1 Å². The third-order valence-corrected chi connectivity index (χ3v) is 4.37. The molecule has 1 saturated carbocycles. The van der Waals surface area contributed by atoms with E-state index in [-0.39, 0.29) is 11.3 Å². The number of nitrogens with zero attached hydrogens (tertiary/aromatic N) is 2. The van der Waals surface area contributed by atoms with Crippen LogP contribution >= 0.6 is 0 Å². The molecule has 0 spiro atoms. The molecule has 0 radical (unpaired) electrons. The van der Waals surface area contributed by atoms with Gasteiger partial charge in [-0.2, -0.15) is 5.10 Å². The summed E-state index contributed by atoms with van der Waals surface area (Å²) < 4.78 is 1.78. The van der Waals surface area contributed by atoms with Gasteiger partial charge in [-0.25, -0.2) is 0 Å². The Labute approximate surface area is 120 Å². The summed E-state index contributed by atoms with van der Waals surface area (Å²) in [4.78, 5) is 12.5. The fourth-order valence-corrected chi connectivity index (χ4v) is 3.02. The lowest BCUT2D eigenvalue weighted by atomic mass is 9.79. The van der Waals surface area contributed by atoms with Gasteiger partial charge in [-0.05, 0) is 18.9 Å². The fraction of sp³-hybridized carbons (Fsp3) is 0.733. The second-order valence-electron chi connectivity index (χ2n) is 5.89. The highest BCUT2D eigenvalue weighted by atomic mass is 16.2. The number of carbonyl (C=O) groups is 1. The second-order valence-corrected chi connectivity index (χ2v) is 5.89. The largest absolute Gasteiger partial charge is 0.355 e. The van der Waals surface area contributed by atoms with E-state index in [1.54, 1.807) is 4.68 Å². The lowest BCUT2D eigenvalue weighted by molar-refractivity contribution is -0.131. The normalized spacial score (nSPS) is 18.5. The number of nitrogens with one attached hydrogen (secondary N) is 1. The van der Waals surface area contributed by atoms with Crippen molar-refractivity contribution in [1.29, 1.82) is 0 Å². The van der Waals surface area contributed by atoms with E-state index < -0.39 is 0 Å². The first-order chi connectivity index (χ1) is 9.66. The van der Waals surface area contributed by atoms with E-state index >= 15 is 0 Å². The highest BCUT2D eigenvalue weighted by molar-refractivity contribution is 5.82. The Kier molecular flexibility index (Phi) is 5.17. The van der Waals surface area contributed by atoms with Crippen molar-refractivity contribution in [3.63, 3.8) is 0 Å². The molecule has 2 rings (SSSR count). The van der Waals surface area contributed by atoms with Crippen LogP contribution in [-0.2, 0) is 18.3 Å². The highest BCUT2D eigenvalue weighted by Crippen LogP contribution is 2.34. The van der Waals surface area contributed by atoms with Crippen molar-refractivity contribution < 1.29 is 4.79 Å². The van der Waals surface area contributed by atoms with Gasteiger partial charge in [0, 0.05) is 32.8 Å². The molecule has 1 aromatic rings. The maximum atomic E-state index is 12.5. The van der Waals surface area contributed by atoms with Crippen LogP contribution in [0, 0.1) is 5.41 Å². The molecule has 1 heterocycles. The van der Waals surface area contributed by atoms with Gasteiger partial charge in [0.25, 0.3) is 0 Å². The van der Waals surface area contributed by atoms with Crippen LogP contribution in [0.1, 0.15) is 44.2 Å². The number of carbonyl (C=O) groups excluding carboxylic acids is 1. The molecule has 1 aromatic heterocycles. The van der Waals surface area contributed by atoms with Crippen molar-refractivity contribution >= 4 is 5.91 Å². The first-order valence-electron chi connectivity index (χ1n) is 7.63. The van der Waals surface area contributed by atoms with Crippen LogP contribution in [0.25, 0.3) is 0 Å². The van der Waals surface area contributed by atoms with Crippen LogP contribution in [0.4, 0.5) is 0 Å². The Bertz CT molecular complexity index is 433. The minimum Gasteiger partial charge on any atom is -0.355 e. The summed E-state index contributed by atoms with van der Waals surface area (Å²) in [5.74, 6) is 0.137. The van der Waals surface area contributed by atoms with E-state index in [4.69, 9.17) is 5.73 Å². The summed E-state index contributed by atoms with van der Waals surface area (Å²) in [7, 11) is 1.90. The summed E-state index contributed by atoms with van der Waals surface area (Å²) in [5, 5.41) is 7.37. The molecule has 0 unspecified atom stereocenters. The van der Waals surface area contributed by atoms with Crippen LogP contribution in [0.5, 0.6) is 0 Å². The van der Waals surface area contributed by atoms with E-state index in [2.05, 4.69) is 10.4 Å². The number of hydrogen-bond donors (Lipinski definition) is 2. The van der Waals surface area contributed by atoms with Gasteiger partial charge in [0.1, 0.15) is 0 Å². The van der Waals surface area contributed by atoms with Crippen LogP contribution in [0.2, 0.25) is 0 Å². The molecule has 0 bridgehead atoms. The van der Waals surface area contributed by atoms with Gasteiger partial charge >= 0.3 is 0 Å². The molecule has 1 fully saturated rings. The molecule has 0 aromatic carbocycles. The van der Waals surface area contributed by atoms with Gasteiger partial charge in [-0.15, -0.1) is 0 Å². The predicted molar refractivity (Wildman–Crippen MR) is 79.1 cm³/mol. The quantitative estimate of drug-likeness (QED) is 0.799. The number of aryl methyl sites for hydroxylation is 1. The monoisotopic (exact) mass is 278 g/mol. The van der Waals surface area contributed by atoms with Crippen LogP contribution in [0.15, 0.2) is 12.3 Å². The standard InChI is InChI=1S/C15H26N4O/c1-19-11-7-13(18-19)6-10-17-14(20)15(12-16)8-4-2-3-5-9-15/h7,11H,2-6,8-10,12,16H2,1H3,(H,17,20). The summed E-state index contributed by atoms with van der Waals surface area (Å²) in [6.07, 6.45) is 9.23. The minimum atomic E-state index is -0.333. The SMILES string of the molecule is Cn1ccc(CCNC(=O)C2(CN)CCCCCC2)n1. The van der Waals surface area contributed by atoms with Crippen molar-refractivity contribution in [2.24, 2.45) is 18.2 Å². The Morgan fingerprint density at radius 1 is 1.40 bits per heavy atom. The molecule has 0 saturated heterocycles. The van der Waals surface area contributed by atoms with E-state index in [0.717, 1.165) is 37.8 Å². The van der Waals surface area contributed by atoms with E-state index in [1.807, 2.05) is 19.3 Å². The minimum absolute atomic E-state index is 0.137. The molecule has 20 heavy (non-hydrogen) atoms. The van der Waals surface area contributed by atoms with Crippen LogP contribution in [-0.4, -0.2) is 28.8 Å². The van der Waals surface area contributed by atoms with Gasteiger partial charge in [0.2, 0.25) is 5.91 Å². The van der Waals surface area contributed by atoms with Gasteiger partial charge in [0.15, 0.2) is 0 Å². The molecule has 0 atom stereocenters. The third-order valence-electron chi connectivity index (χ3n) is 4.37.